The largest absolute Gasteiger partial charge is 0.493 e. The van der Waals surface area contributed by atoms with Gasteiger partial charge < -0.3 is 19.9 Å². The molecule has 7 nitrogen and oxygen atoms in total. The SMILES string of the molecule is COc1cc(/C=C(\C#N)C(N)=O)ccc1OC(=O)COc1ccc(C(C)C)cc1. The highest BCUT2D eigenvalue weighted by Gasteiger charge is 2.12. The van der Waals surface area contributed by atoms with Crippen LogP contribution in [0.5, 0.6) is 17.2 Å². The monoisotopic (exact) mass is 394 g/mol. The van der Waals surface area contributed by atoms with Crippen molar-refractivity contribution < 1.29 is 23.8 Å². The molecule has 2 rings (SSSR count). The summed E-state index contributed by atoms with van der Waals surface area (Å²) < 4.78 is 16.0. The average Bonchev–Trinajstić information content (AvgIpc) is 2.71. The normalized spacial score (nSPS) is 10.9. The molecule has 0 unspecified atom stereocenters. The Kier molecular flexibility index (Phi) is 7.38. The summed E-state index contributed by atoms with van der Waals surface area (Å²) in [6.45, 7) is 3.92. The number of hydrogen-bond acceptors (Lipinski definition) is 6. The Morgan fingerprint density at radius 3 is 2.38 bits per heavy atom. The van der Waals surface area contributed by atoms with Gasteiger partial charge >= 0.3 is 5.97 Å². The molecule has 7 heteroatoms. The lowest BCUT2D eigenvalue weighted by atomic mass is 10.0. The molecule has 1 amide bonds. The quantitative estimate of drug-likeness (QED) is 0.318. The maximum absolute atomic E-state index is 12.1. The highest BCUT2D eigenvalue weighted by molar-refractivity contribution is 6.00. The van der Waals surface area contributed by atoms with Crippen molar-refractivity contribution in [2.24, 2.45) is 5.73 Å². The van der Waals surface area contributed by atoms with Crippen LogP contribution in [-0.4, -0.2) is 25.6 Å². The van der Waals surface area contributed by atoms with Crippen LogP contribution in [0.3, 0.4) is 0 Å². The molecule has 0 spiro atoms. The Labute approximate surface area is 169 Å². The number of benzene rings is 2. The minimum Gasteiger partial charge on any atom is -0.493 e. The first kappa shape index (κ1) is 21.5. The molecule has 0 saturated heterocycles. The number of carbonyl (C=O) groups excluding carboxylic acids is 2. The van der Waals surface area contributed by atoms with Crippen LogP contribution in [0.2, 0.25) is 0 Å². The summed E-state index contributed by atoms with van der Waals surface area (Å²) in [5, 5.41) is 8.92. The van der Waals surface area contributed by atoms with Crippen LogP contribution >= 0.6 is 0 Å². The van der Waals surface area contributed by atoms with Crippen molar-refractivity contribution in [3.63, 3.8) is 0 Å². The van der Waals surface area contributed by atoms with Gasteiger partial charge in [0.1, 0.15) is 17.4 Å². The van der Waals surface area contributed by atoms with Gasteiger partial charge in [-0.25, -0.2) is 4.79 Å². The number of esters is 1. The predicted octanol–water partition coefficient (Wildman–Crippen LogP) is 3.20. The first-order valence-corrected chi connectivity index (χ1v) is 8.87. The predicted molar refractivity (Wildman–Crippen MR) is 107 cm³/mol. The summed E-state index contributed by atoms with van der Waals surface area (Å²) >= 11 is 0. The molecule has 0 bridgehead atoms. The summed E-state index contributed by atoms with van der Waals surface area (Å²) in [6.07, 6.45) is 1.32. The highest BCUT2D eigenvalue weighted by Crippen LogP contribution is 2.29. The van der Waals surface area contributed by atoms with E-state index in [1.54, 1.807) is 24.3 Å². The lowest BCUT2D eigenvalue weighted by Crippen LogP contribution is -2.18. The molecule has 0 aliphatic carbocycles. The van der Waals surface area contributed by atoms with E-state index in [1.165, 1.54) is 30.9 Å². The molecule has 0 aromatic heterocycles. The minimum atomic E-state index is -0.833. The molecule has 150 valence electrons. The van der Waals surface area contributed by atoms with Crippen LogP contribution in [0.4, 0.5) is 0 Å². The van der Waals surface area contributed by atoms with Crippen molar-refractivity contribution in [3.05, 3.63) is 59.2 Å². The number of ether oxygens (including phenoxy) is 3. The second kappa shape index (κ2) is 9.95. The van der Waals surface area contributed by atoms with Crippen LogP contribution in [0.25, 0.3) is 6.08 Å². The fourth-order valence-corrected chi connectivity index (χ4v) is 2.43. The molecule has 0 heterocycles. The van der Waals surface area contributed by atoms with Crippen molar-refractivity contribution in [1.82, 2.24) is 0 Å². The van der Waals surface area contributed by atoms with E-state index < -0.39 is 11.9 Å². The van der Waals surface area contributed by atoms with Gasteiger partial charge in [-0.1, -0.05) is 32.0 Å². The van der Waals surface area contributed by atoms with E-state index in [1.807, 2.05) is 12.1 Å². The number of nitrogens with two attached hydrogens (primary N) is 1. The van der Waals surface area contributed by atoms with Gasteiger partial charge in [-0.3, -0.25) is 4.79 Å². The summed E-state index contributed by atoms with van der Waals surface area (Å²) in [5.74, 6) is -0.0168. The van der Waals surface area contributed by atoms with E-state index >= 15 is 0 Å². The van der Waals surface area contributed by atoms with E-state index in [9.17, 15) is 9.59 Å². The number of carbonyl (C=O) groups is 2. The van der Waals surface area contributed by atoms with Crippen molar-refractivity contribution in [1.29, 1.82) is 5.26 Å². The maximum Gasteiger partial charge on any atom is 0.349 e. The Balaban J connectivity index is 2.04. The van der Waals surface area contributed by atoms with E-state index in [-0.39, 0.29) is 23.7 Å². The smallest absolute Gasteiger partial charge is 0.349 e. The van der Waals surface area contributed by atoms with Crippen molar-refractivity contribution in [2.45, 2.75) is 19.8 Å². The van der Waals surface area contributed by atoms with Crippen LogP contribution in [0.15, 0.2) is 48.0 Å². The zero-order valence-corrected chi connectivity index (χ0v) is 16.5. The fraction of sp³-hybridized carbons (Fsp3) is 0.227. The van der Waals surface area contributed by atoms with E-state index in [2.05, 4.69) is 13.8 Å². The van der Waals surface area contributed by atoms with Gasteiger partial charge in [0.15, 0.2) is 18.1 Å². The third-order valence-corrected chi connectivity index (χ3v) is 4.01. The first-order valence-electron chi connectivity index (χ1n) is 8.87. The molecule has 2 N–H and O–H groups in total. The Hall–Kier alpha value is -3.79. The van der Waals surface area contributed by atoms with Gasteiger partial charge in [0.25, 0.3) is 5.91 Å². The Bertz CT molecular complexity index is 956. The van der Waals surface area contributed by atoms with Crippen LogP contribution < -0.4 is 19.9 Å². The number of hydrogen-bond donors (Lipinski definition) is 1. The lowest BCUT2D eigenvalue weighted by Gasteiger charge is -2.11. The molecule has 29 heavy (non-hydrogen) atoms. The van der Waals surface area contributed by atoms with Crippen molar-refractivity contribution in [3.8, 4) is 23.3 Å². The molecule has 0 atom stereocenters. The summed E-state index contributed by atoms with van der Waals surface area (Å²) in [6, 6.07) is 13.8. The standard InChI is InChI=1S/C22H22N2O5/c1-14(2)16-5-7-18(8-6-16)28-13-21(25)29-19-9-4-15(11-20(19)27-3)10-17(12-23)22(24)26/h4-11,14H,13H2,1-3H3,(H2,24,26)/b17-10+. The van der Waals surface area contributed by atoms with Crippen molar-refractivity contribution in [2.75, 3.05) is 13.7 Å². The highest BCUT2D eigenvalue weighted by atomic mass is 16.6. The van der Waals surface area contributed by atoms with Gasteiger partial charge in [0.2, 0.25) is 0 Å². The number of nitrogens with zero attached hydrogens (tertiary/aromatic N) is 1. The van der Waals surface area contributed by atoms with Gasteiger partial charge in [-0.2, -0.15) is 5.26 Å². The summed E-state index contributed by atoms with van der Waals surface area (Å²) in [5.41, 5.74) is 6.60. The Morgan fingerprint density at radius 1 is 1.14 bits per heavy atom. The van der Waals surface area contributed by atoms with Crippen LogP contribution in [0, 0.1) is 11.3 Å². The number of amides is 1. The second-order valence-electron chi connectivity index (χ2n) is 6.43. The third kappa shape index (κ3) is 6.11. The van der Waals surface area contributed by atoms with Gasteiger partial charge in [0, 0.05) is 0 Å². The zero-order valence-electron chi connectivity index (χ0n) is 16.5. The van der Waals surface area contributed by atoms with Crippen LogP contribution in [-0.2, 0) is 9.59 Å². The van der Waals surface area contributed by atoms with Gasteiger partial charge in [-0.15, -0.1) is 0 Å². The zero-order chi connectivity index (χ0) is 21.4. The number of primary amides is 1. The number of methoxy groups -OCH3 is 1. The average molecular weight is 394 g/mol. The van der Waals surface area contributed by atoms with E-state index in [0.29, 0.717) is 17.2 Å². The minimum absolute atomic E-state index is 0.186. The molecular formula is C22H22N2O5. The Morgan fingerprint density at radius 2 is 1.83 bits per heavy atom. The first-order chi connectivity index (χ1) is 13.8. The van der Waals surface area contributed by atoms with Crippen LogP contribution in [0.1, 0.15) is 30.9 Å². The molecule has 0 radical (unpaired) electrons. The fourth-order valence-electron chi connectivity index (χ4n) is 2.43. The van der Waals surface area contributed by atoms with Gasteiger partial charge in [0.05, 0.1) is 7.11 Å². The maximum atomic E-state index is 12.1. The molecular weight excluding hydrogens is 372 g/mol. The molecule has 2 aromatic carbocycles. The summed E-state index contributed by atoms with van der Waals surface area (Å²) in [4.78, 5) is 23.3. The lowest BCUT2D eigenvalue weighted by molar-refractivity contribution is -0.136. The molecule has 0 fully saturated rings. The third-order valence-electron chi connectivity index (χ3n) is 4.01. The number of nitriles is 1. The van der Waals surface area contributed by atoms with E-state index in [0.717, 1.165) is 0 Å². The van der Waals surface area contributed by atoms with Crippen molar-refractivity contribution >= 4 is 18.0 Å². The van der Waals surface area contributed by atoms with Gasteiger partial charge in [-0.05, 0) is 47.4 Å². The molecule has 0 aliphatic heterocycles. The second-order valence-corrected chi connectivity index (χ2v) is 6.43. The number of rotatable bonds is 8. The van der Waals surface area contributed by atoms with E-state index in [4.69, 9.17) is 25.2 Å². The summed E-state index contributed by atoms with van der Waals surface area (Å²) in [7, 11) is 1.41. The molecule has 2 aromatic rings. The molecule has 0 saturated carbocycles. The molecule has 0 aliphatic rings. The topological polar surface area (TPSA) is 112 Å².